The zero-order valence-electron chi connectivity index (χ0n) is 24.9. The Bertz CT molecular complexity index is 2030. The lowest BCUT2D eigenvalue weighted by Gasteiger charge is -2.20. The van der Waals surface area contributed by atoms with Crippen molar-refractivity contribution in [3.63, 3.8) is 0 Å². The second-order valence-corrected chi connectivity index (χ2v) is 10.8. The number of hydrogen-bond acceptors (Lipinski definition) is 6. The average molecular weight is 643 g/mol. The zero-order chi connectivity index (χ0) is 33.1. The van der Waals surface area contributed by atoms with Crippen molar-refractivity contribution in [2.24, 2.45) is 0 Å². The predicted molar refractivity (Wildman–Crippen MR) is 170 cm³/mol. The van der Waals surface area contributed by atoms with E-state index in [9.17, 15) is 28.7 Å². The number of nitrogens with zero attached hydrogens (tertiary/aromatic N) is 3. The van der Waals surface area contributed by atoms with Crippen molar-refractivity contribution >= 4 is 52.3 Å². The maximum Gasteiger partial charge on any atom is 0.335 e. The number of carbonyl (C=O) groups excluding carboxylic acids is 3. The number of aromatic nitrogens is 3. The minimum absolute atomic E-state index is 0.0458. The number of carbonyl (C=O) groups is 4. The molecular weight excluding hydrogens is 615 g/mol. The van der Waals surface area contributed by atoms with Crippen molar-refractivity contribution in [2.75, 3.05) is 10.6 Å². The van der Waals surface area contributed by atoms with Gasteiger partial charge >= 0.3 is 5.97 Å². The SMILES string of the molecule is CCc1c([C@H](C)NC(=O)c2cc(C(=O)Nc3cccc(F)c3)nc3c(C(=O)Nc4ccccc4Cl)cnn23)ccc(C(=O)O)c1C. The highest BCUT2D eigenvalue weighted by atomic mass is 35.5. The second-order valence-electron chi connectivity index (χ2n) is 10.4. The minimum atomic E-state index is -1.05. The molecule has 5 rings (SSSR count). The maximum absolute atomic E-state index is 13.8. The third kappa shape index (κ3) is 6.42. The number of aromatic carboxylic acids is 1. The zero-order valence-corrected chi connectivity index (χ0v) is 25.6. The van der Waals surface area contributed by atoms with Gasteiger partial charge in [-0.05, 0) is 73.4 Å². The fraction of sp³-hybridized carbons (Fsp3) is 0.152. The highest BCUT2D eigenvalue weighted by Crippen LogP contribution is 2.26. The van der Waals surface area contributed by atoms with E-state index in [-0.39, 0.29) is 33.8 Å². The van der Waals surface area contributed by atoms with Gasteiger partial charge in [-0.3, -0.25) is 14.4 Å². The Labute approximate surface area is 267 Å². The molecule has 0 unspecified atom stereocenters. The monoisotopic (exact) mass is 642 g/mol. The molecule has 0 saturated heterocycles. The van der Waals surface area contributed by atoms with Crippen LogP contribution in [-0.2, 0) is 6.42 Å². The standard InChI is InChI=1S/C33H28ClFN6O5/c1-4-21-17(2)22(33(45)46)12-13-23(21)18(3)37-32(44)28-15-27(31(43)38-20-9-7-8-19(35)14-20)39-29-24(16-36-41(28)29)30(42)40-26-11-6-5-10-25(26)34/h5-16,18H,4H2,1-3H3,(H,37,44)(H,38,43)(H,40,42)(H,45,46)/t18-/m0/s1. The third-order valence-corrected chi connectivity index (χ3v) is 7.75. The minimum Gasteiger partial charge on any atom is -0.478 e. The van der Waals surface area contributed by atoms with Crippen molar-refractivity contribution < 1.29 is 28.7 Å². The van der Waals surface area contributed by atoms with Gasteiger partial charge in [-0.25, -0.2) is 18.7 Å². The van der Waals surface area contributed by atoms with Crippen molar-refractivity contribution in [1.29, 1.82) is 0 Å². The first-order valence-electron chi connectivity index (χ1n) is 14.2. The van der Waals surface area contributed by atoms with Gasteiger partial charge in [0.05, 0.1) is 28.5 Å². The number of carboxylic acid groups (broad SMARTS) is 1. The molecule has 0 spiro atoms. The van der Waals surface area contributed by atoms with E-state index in [0.717, 1.165) is 16.1 Å². The van der Waals surface area contributed by atoms with Crippen LogP contribution >= 0.6 is 11.6 Å². The molecule has 2 heterocycles. The molecule has 0 radical (unpaired) electrons. The van der Waals surface area contributed by atoms with Crippen LogP contribution in [0.3, 0.4) is 0 Å². The summed E-state index contributed by atoms with van der Waals surface area (Å²) >= 11 is 6.21. The number of para-hydroxylation sites is 1. The summed E-state index contributed by atoms with van der Waals surface area (Å²) in [6.07, 6.45) is 1.74. The van der Waals surface area contributed by atoms with Gasteiger partial charge in [-0.15, -0.1) is 0 Å². The van der Waals surface area contributed by atoms with Crippen molar-refractivity contribution in [2.45, 2.75) is 33.2 Å². The Morgan fingerprint density at radius 3 is 2.41 bits per heavy atom. The fourth-order valence-electron chi connectivity index (χ4n) is 5.15. The summed E-state index contributed by atoms with van der Waals surface area (Å²) in [6, 6.07) is 15.6. The lowest BCUT2D eigenvalue weighted by molar-refractivity contribution is 0.0695. The summed E-state index contributed by atoms with van der Waals surface area (Å²) in [7, 11) is 0. The molecule has 2 aromatic heterocycles. The smallest absolute Gasteiger partial charge is 0.335 e. The van der Waals surface area contributed by atoms with Gasteiger partial charge in [0.1, 0.15) is 22.8 Å². The summed E-state index contributed by atoms with van der Waals surface area (Å²) < 4.78 is 14.9. The Balaban J connectivity index is 1.55. The quantitative estimate of drug-likeness (QED) is 0.152. The largest absolute Gasteiger partial charge is 0.478 e. The first kappa shape index (κ1) is 31.8. The van der Waals surface area contributed by atoms with Crippen LogP contribution in [0.1, 0.15) is 78.3 Å². The molecule has 3 amide bonds. The van der Waals surface area contributed by atoms with E-state index in [2.05, 4.69) is 26.0 Å². The Kier molecular flexibility index (Phi) is 9.10. The lowest BCUT2D eigenvalue weighted by atomic mass is 9.91. The highest BCUT2D eigenvalue weighted by Gasteiger charge is 2.25. The van der Waals surface area contributed by atoms with Gasteiger partial charge < -0.3 is 21.1 Å². The number of benzene rings is 3. The van der Waals surface area contributed by atoms with E-state index in [0.29, 0.717) is 28.3 Å². The Morgan fingerprint density at radius 2 is 1.72 bits per heavy atom. The first-order valence-corrected chi connectivity index (χ1v) is 14.5. The number of amides is 3. The molecule has 0 bridgehead atoms. The van der Waals surface area contributed by atoms with Gasteiger partial charge in [-0.1, -0.05) is 42.8 Å². The Morgan fingerprint density at radius 1 is 0.957 bits per heavy atom. The van der Waals surface area contributed by atoms with Crippen molar-refractivity contribution in [3.05, 3.63) is 123 Å². The number of hydrogen-bond donors (Lipinski definition) is 4. The molecule has 0 saturated carbocycles. The van der Waals surface area contributed by atoms with Crippen LogP contribution in [-0.4, -0.2) is 43.4 Å². The van der Waals surface area contributed by atoms with Crippen LogP contribution in [0.4, 0.5) is 15.8 Å². The molecule has 0 fully saturated rings. The molecule has 0 aliphatic carbocycles. The van der Waals surface area contributed by atoms with E-state index in [4.69, 9.17) is 11.6 Å². The third-order valence-electron chi connectivity index (χ3n) is 7.42. The molecule has 234 valence electrons. The molecular formula is C33H28ClFN6O5. The number of anilines is 2. The number of halogens is 2. The van der Waals surface area contributed by atoms with Crippen LogP contribution < -0.4 is 16.0 Å². The van der Waals surface area contributed by atoms with Gasteiger partial charge in [-0.2, -0.15) is 5.10 Å². The van der Waals surface area contributed by atoms with E-state index < -0.39 is 35.5 Å². The van der Waals surface area contributed by atoms with Crippen molar-refractivity contribution in [3.8, 4) is 0 Å². The van der Waals surface area contributed by atoms with Crippen LogP contribution in [0, 0.1) is 12.7 Å². The normalized spacial score (nSPS) is 11.6. The average Bonchev–Trinajstić information content (AvgIpc) is 3.45. The molecule has 3 aromatic carbocycles. The molecule has 5 aromatic rings. The summed E-state index contributed by atoms with van der Waals surface area (Å²) in [5.74, 6) is -3.67. The number of carboxylic acids is 1. The van der Waals surface area contributed by atoms with Gasteiger partial charge in [0.2, 0.25) is 0 Å². The topological polar surface area (TPSA) is 155 Å². The summed E-state index contributed by atoms with van der Waals surface area (Å²) in [4.78, 5) is 56.5. The van der Waals surface area contributed by atoms with E-state index in [1.54, 1.807) is 44.2 Å². The van der Waals surface area contributed by atoms with Gasteiger partial charge in [0, 0.05) is 11.8 Å². The van der Waals surface area contributed by atoms with Crippen LogP contribution in [0.25, 0.3) is 5.65 Å². The molecule has 4 N–H and O–H groups in total. The van der Waals surface area contributed by atoms with E-state index in [1.165, 1.54) is 36.5 Å². The van der Waals surface area contributed by atoms with Crippen LogP contribution in [0.15, 0.2) is 72.9 Å². The molecule has 0 aliphatic rings. The molecule has 13 heteroatoms. The number of rotatable bonds is 9. The van der Waals surface area contributed by atoms with Crippen LogP contribution in [0.5, 0.6) is 0 Å². The Hall–Kier alpha value is -5.62. The maximum atomic E-state index is 13.8. The van der Waals surface area contributed by atoms with Gasteiger partial charge in [0.15, 0.2) is 5.65 Å². The molecule has 11 nitrogen and oxygen atoms in total. The molecule has 1 atom stereocenters. The van der Waals surface area contributed by atoms with Crippen molar-refractivity contribution in [1.82, 2.24) is 19.9 Å². The predicted octanol–water partition coefficient (Wildman–Crippen LogP) is 6.09. The second kappa shape index (κ2) is 13.2. The number of nitrogens with one attached hydrogen (secondary N) is 3. The van der Waals surface area contributed by atoms with Crippen LogP contribution in [0.2, 0.25) is 5.02 Å². The summed E-state index contributed by atoms with van der Waals surface area (Å²) in [5.41, 5.74) is 2.25. The summed E-state index contributed by atoms with van der Waals surface area (Å²) in [6.45, 7) is 5.35. The van der Waals surface area contributed by atoms with E-state index >= 15 is 0 Å². The molecule has 0 aliphatic heterocycles. The molecule has 46 heavy (non-hydrogen) atoms. The first-order chi connectivity index (χ1) is 22.0. The van der Waals surface area contributed by atoms with E-state index in [1.807, 2.05) is 6.92 Å². The highest BCUT2D eigenvalue weighted by molar-refractivity contribution is 6.34. The lowest BCUT2D eigenvalue weighted by Crippen LogP contribution is -2.30. The number of fused-ring (bicyclic) bond motifs is 1. The summed E-state index contributed by atoms with van der Waals surface area (Å²) in [5, 5.41) is 22.2. The fourth-order valence-corrected chi connectivity index (χ4v) is 5.33. The van der Waals surface area contributed by atoms with Gasteiger partial charge in [0.25, 0.3) is 17.7 Å².